The van der Waals surface area contributed by atoms with Crippen molar-refractivity contribution in [3.05, 3.63) is 119 Å². The van der Waals surface area contributed by atoms with Crippen molar-refractivity contribution in [1.82, 2.24) is 30.3 Å². The highest BCUT2D eigenvalue weighted by atomic mass is 16.2. The molecule has 0 unspecified atom stereocenters. The minimum Gasteiger partial charge on any atom is -0.346 e. The van der Waals surface area contributed by atoms with Crippen molar-refractivity contribution in [2.24, 2.45) is 5.41 Å². The number of piperazine rings is 1. The maximum atomic E-state index is 14.7. The molecule has 0 radical (unpaired) electrons. The molecule has 1 saturated heterocycles. The number of amides is 4. The van der Waals surface area contributed by atoms with E-state index in [-0.39, 0.29) is 50.5 Å². The lowest BCUT2D eigenvalue weighted by molar-refractivity contribution is -0.156. The summed E-state index contributed by atoms with van der Waals surface area (Å²) in [4.78, 5) is 59.1. The van der Waals surface area contributed by atoms with Gasteiger partial charge in [-0.3, -0.25) is 14.4 Å². The zero-order valence-corrected chi connectivity index (χ0v) is 31.8. The average Bonchev–Trinajstić information content (AvgIpc) is 3.49. The quantitative estimate of drug-likeness (QED) is 0.0727. The Morgan fingerprint density at radius 1 is 0.981 bits per heavy atom. The second-order valence-electron chi connectivity index (χ2n) is 15.2. The van der Waals surface area contributed by atoms with Crippen molar-refractivity contribution in [3.8, 4) is 0 Å². The van der Waals surface area contributed by atoms with Gasteiger partial charge in [0, 0.05) is 57.6 Å². The van der Waals surface area contributed by atoms with E-state index < -0.39 is 18.2 Å². The number of para-hydroxylation sites is 1. The first-order valence-electron chi connectivity index (χ1n) is 18.6. The predicted molar refractivity (Wildman–Crippen MR) is 212 cm³/mol. The number of ketones is 1. The SMILES string of the molecule is C=CCNCC(=O)N1[C@@H](NC(=O)NCc2ccccc2)CN(Cc2cccc3c(C(=O)CC(C)(C)C)cn(CCC)c23)C(=O)[C@@H]1Cc1ccc(C)cc1.[HH]. The van der Waals surface area contributed by atoms with E-state index in [1.165, 1.54) is 0 Å². The summed E-state index contributed by atoms with van der Waals surface area (Å²) >= 11 is 0. The van der Waals surface area contributed by atoms with Gasteiger partial charge < -0.3 is 30.3 Å². The lowest BCUT2D eigenvalue weighted by Gasteiger charge is -2.46. The molecule has 1 aromatic heterocycles. The molecule has 0 saturated carbocycles. The second kappa shape index (κ2) is 17.5. The van der Waals surface area contributed by atoms with Crippen LogP contribution in [-0.2, 0) is 35.6 Å². The summed E-state index contributed by atoms with van der Waals surface area (Å²) in [5, 5.41) is 9.92. The summed E-state index contributed by atoms with van der Waals surface area (Å²) in [6.45, 7) is 15.8. The van der Waals surface area contributed by atoms with Crippen LogP contribution in [0.5, 0.6) is 0 Å². The Balaban J connectivity index is 0.00000650. The number of Topliss-reactive ketones (excluding diaryl/α,β-unsaturated/α-hetero) is 1. The number of fused-ring (bicyclic) bond motifs is 1. The maximum absolute atomic E-state index is 14.7. The fourth-order valence-corrected chi connectivity index (χ4v) is 7.01. The highest BCUT2D eigenvalue weighted by Crippen LogP contribution is 2.31. The van der Waals surface area contributed by atoms with Crippen LogP contribution >= 0.6 is 0 Å². The number of carbonyl (C=O) groups is 4. The molecule has 1 aliphatic heterocycles. The molecule has 3 N–H and O–H groups in total. The van der Waals surface area contributed by atoms with E-state index in [0.717, 1.165) is 39.6 Å². The Labute approximate surface area is 315 Å². The van der Waals surface area contributed by atoms with Gasteiger partial charge in [-0.25, -0.2) is 4.79 Å². The van der Waals surface area contributed by atoms with Crippen LogP contribution in [-0.4, -0.2) is 69.8 Å². The molecule has 1 aliphatic rings. The molecule has 10 nitrogen and oxygen atoms in total. The van der Waals surface area contributed by atoms with Crippen molar-refractivity contribution in [1.29, 1.82) is 0 Å². The molecule has 1 fully saturated rings. The molecule has 4 aromatic rings. The topological polar surface area (TPSA) is 116 Å². The lowest BCUT2D eigenvalue weighted by Crippen LogP contribution is -2.69. The summed E-state index contributed by atoms with van der Waals surface area (Å²) < 4.78 is 2.13. The first kappa shape index (κ1) is 39.0. The summed E-state index contributed by atoms with van der Waals surface area (Å²) in [5.41, 5.74) is 5.27. The number of urea groups is 1. The Bertz CT molecular complexity index is 1920. The van der Waals surface area contributed by atoms with Gasteiger partial charge in [0.1, 0.15) is 12.2 Å². The third kappa shape index (κ3) is 10.0. The van der Waals surface area contributed by atoms with Crippen molar-refractivity contribution >= 4 is 34.5 Å². The van der Waals surface area contributed by atoms with E-state index >= 15 is 0 Å². The van der Waals surface area contributed by atoms with E-state index in [1.54, 1.807) is 15.9 Å². The Morgan fingerprint density at radius 3 is 2.40 bits per heavy atom. The minimum atomic E-state index is -0.880. The first-order chi connectivity index (χ1) is 25.4. The van der Waals surface area contributed by atoms with Gasteiger partial charge in [-0.05, 0) is 35.4 Å². The molecule has 4 amide bonds. The highest BCUT2D eigenvalue weighted by molar-refractivity contribution is 6.09. The molecule has 53 heavy (non-hydrogen) atoms. The molecule has 0 aliphatic carbocycles. The number of hydrogen-bond acceptors (Lipinski definition) is 5. The van der Waals surface area contributed by atoms with Crippen molar-refractivity contribution in [2.75, 3.05) is 19.6 Å². The van der Waals surface area contributed by atoms with Gasteiger partial charge in [-0.15, -0.1) is 6.58 Å². The number of hydrogen-bond donors (Lipinski definition) is 3. The number of nitrogens with zero attached hydrogens (tertiary/aromatic N) is 3. The van der Waals surface area contributed by atoms with Gasteiger partial charge in [0.2, 0.25) is 11.8 Å². The maximum Gasteiger partial charge on any atom is 0.316 e. The molecule has 282 valence electrons. The van der Waals surface area contributed by atoms with Crippen molar-refractivity contribution < 1.29 is 20.6 Å². The van der Waals surface area contributed by atoms with Crippen molar-refractivity contribution in [2.45, 2.75) is 85.7 Å². The molecule has 2 atom stereocenters. The summed E-state index contributed by atoms with van der Waals surface area (Å²) in [6.07, 6.45) is 4.37. The molecule has 10 heteroatoms. The van der Waals surface area contributed by atoms with Crippen LogP contribution in [0, 0.1) is 12.3 Å². The van der Waals surface area contributed by atoms with Crippen LogP contribution < -0.4 is 16.0 Å². The fraction of sp³-hybridized carbons (Fsp3) is 0.395. The zero-order valence-electron chi connectivity index (χ0n) is 31.8. The number of carbonyl (C=O) groups excluding carboxylic acids is 4. The van der Waals surface area contributed by atoms with Crippen LogP contribution in [0.4, 0.5) is 4.79 Å². The average molecular weight is 721 g/mol. The van der Waals surface area contributed by atoms with E-state index in [0.29, 0.717) is 31.6 Å². The van der Waals surface area contributed by atoms with E-state index in [9.17, 15) is 19.2 Å². The normalized spacial score (nSPS) is 16.1. The molecular formula is C43H56N6O4. The van der Waals surface area contributed by atoms with Crippen LogP contribution in [0.2, 0.25) is 0 Å². The number of benzene rings is 3. The zero-order chi connectivity index (χ0) is 38.1. The first-order valence-corrected chi connectivity index (χ1v) is 18.6. The van der Waals surface area contributed by atoms with Gasteiger partial charge in [-0.2, -0.15) is 0 Å². The third-order valence-electron chi connectivity index (χ3n) is 9.46. The molecule has 3 aromatic carbocycles. The smallest absolute Gasteiger partial charge is 0.316 e. The minimum absolute atomic E-state index is 0. The largest absolute Gasteiger partial charge is 0.346 e. The highest BCUT2D eigenvalue weighted by Gasteiger charge is 2.44. The standard InChI is InChI=1S/C43H54N6O4.H2/c1-7-21-44-26-39(51)49-36(23-31-19-17-30(3)18-20-31)41(52)48(29-38(49)46-42(53)45-25-32-13-10-9-11-14-32)27-33-15-12-16-34-35(37(50)24-43(4,5)6)28-47(22-8-2)40(33)34;/h7,9-20,28,36,38,44H,1,8,21-27,29H2,2-6H3,(H2,45,46,53);1H/t36-,38+;/m0./s1. The molecule has 2 heterocycles. The van der Waals surface area contributed by atoms with Gasteiger partial charge in [0.25, 0.3) is 0 Å². The number of aromatic nitrogens is 1. The Morgan fingerprint density at radius 2 is 1.72 bits per heavy atom. The third-order valence-corrected chi connectivity index (χ3v) is 9.46. The summed E-state index contributed by atoms with van der Waals surface area (Å²) in [7, 11) is 0. The lowest BCUT2D eigenvalue weighted by atomic mass is 9.87. The van der Waals surface area contributed by atoms with Gasteiger partial charge >= 0.3 is 6.03 Å². The number of aryl methyl sites for hydroxylation is 2. The van der Waals surface area contributed by atoms with Crippen LogP contribution in [0.15, 0.2) is 91.6 Å². The Kier molecular flexibility index (Phi) is 12.9. The van der Waals surface area contributed by atoms with E-state index in [2.05, 4.69) is 54.8 Å². The van der Waals surface area contributed by atoms with Gasteiger partial charge in [0.05, 0.1) is 18.6 Å². The van der Waals surface area contributed by atoms with Gasteiger partial charge in [-0.1, -0.05) is 112 Å². The van der Waals surface area contributed by atoms with Crippen LogP contribution in [0.1, 0.15) is 74.6 Å². The van der Waals surface area contributed by atoms with Crippen molar-refractivity contribution in [3.63, 3.8) is 0 Å². The number of nitrogens with one attached hydrogen (secondary N) is 3. The molecular weight excluding hydrogens is 665 g/mol. The predicted octanol–water partition coefficient (Wildman–Crippen LogP) is 6.61. The van der Waals surface area contributed by atoms with Crippen LogP contribution in [0.3, 0.4) is 0 Å². The van der Waals surface area contributed by atoms with Gasteiger partial charge in [0.15, 0.2) is 5.78 Å². The van der Waals surface area contributed by atoms with E-state index in [1.807, 2.05) is 85.9 Å². The summed E-state index contributed by atoms with van der Waals surface area (Å²) in [6, 6.07) is 22.1. The number of rotatable bonds is 15. The summed E-state index contributed by atoms with van der Waals surface area (Å²) in [5.74, 6) is -0.419. The fourth-order valence-electron chi connectivity index (χ4n) is 7.01. The van der Waals surface area contributed by atoms with Crippen LogP contribution in [0.25, 0.3) is 10.9 Å². The second-order valence-corrected chi connectivity index (χ2v) is 15.2. The van der Waals surface area contributed by atoms with E-state index in [4.69, 9.17) is 0 Å². The monoisotopic (exact) mass is 720 g/mol. The molecule has 0 spiro atoms. The Hall–Kier alpha value is -5.22. The molecule has 5 rings (SSSR count). The molecule has 0 bridgehead atoms.